The molecule has 1 aliphatic heterocycles. The molecule has 0 unspecified atom stereocenters. The fourth-order valence-electron chi connectivity index (χ4n) is 3.49. The van der Waals surface area contributed by atoms with E-state index in [0.29, 0.717) is 32.8 Å². The zero-order chi connectivity index (χ0) is 18.5. The van der Waals surface area contributed by atoms with E-state index in [1.165, 1.54) is 0 Å². The molecule has 1 aliphatic rings. The second-order valence-corrected chi connectivity index (χ2v) is 6.57. The highest BCUT2D eigenvalue weighted by Crippen LogP contribution is 2.18. The molecular weight excluding hydrogens is 332 g/mol. The fourth-order valence-corrected chi connectivity index (χ4v) is 3.49. The van der Waals surface area contributed by atoms with E-state index in [-0.39, 0.29) is 17.9 Å². The highest BCUT2D eigenvalue weighted by atomic mass is 16.6. The Morgan fingerprint density at radius 2 is 2.15 bits per heavy atom. The van der Waals surface area contributed by atoms with Crippen LogP contribution in [0.25, 0.3) is 11.0 Å². The summed E-state index contributed by atoms with van der Waals surface area (Å²) in [4.78, 5) is 30.5. The van der Waals surface area contributed by atoms with Crippen LogP contribution in [0.1, 0.15) is 25.6 Å². The van der Waals surface area contributed by atoms with Crippen LogP contribution >= 0.6 is 0 Å². The van der Waals surface area contributed by atoms with E-state index in [1.807, 2.05) is 31.2 Å². The quantitative estimate of drug-likeness (QED) is 0.890. The van der Waals surface area contributed by atoms with Crippen molar-refractivity contribution >= 4 is 23.0 Å². The molecular formula is C19H26N4O3. The molecule has 3 rings (SSSR count). The van der Waals surface area contributed by atoms with Gasteiger partial charge in [-0.05, 0) is 38.8 Å². The third-order valence-electron chi connectivity index (χ3n) is 4.80. The van der Waals surface area contributed by atoms with E-state index in [1.54, 1.807) is 11.8 Å². The molecule has 1 aromatic carbocycles. The predicted molar refractivity (Wildman–Crippen MR) is 98.8 cm³/mol. The number of benzene rings is 1. The van der Waals surface area contributed by atoms with Gasteiger partial charge < -0.3 is 19.5 Å². The summed E-state index contributed by atoms with van der Waals surface area (Å²) in [5, 5.41) is 3.01. The van der Waals surface area contributed by atoms with Crippen molar-refractivity contribution in [3.05, 3.63) is 30.1 Å². The summed E-state index contributed by atoms with van der Waals surface area (Å²) in [7, 11) is 0. The highest BCUT2D eigenvalue weighted by Gasteiger charge is 2.28. The Hall–Kier alpha value is -2.57. The van der Waals surface area contributed by atoms with E-state index in [4.69, 9.17) is 4.74 Å². The molecule has 2 heterocycles. The molecule has 2 aromatic rings. The number of aryl methyl sites for hydroxylation is 1. The first-order chi connectivity index (χ1) is 12.6. The molecule has 0 saturated carbocycles. The largest absolute Gasteiger partial charge is 0.450 e. The fraction of sp³-hybridized carbons (Fsp3) is 0.526. The molecule has 0 spiro atoms. The van der Waals surface area contributed by atoms with Gasteiger partial charge in [-0.2, -0.15) is 0 Å². The van der Waals surface area contributed by atoms with Crippen molar-refractivity contribution in [1.29, 1.82) is 0 Å². The van der Waals surface area contributed by atoms with Gasteiger partial charge in [-0.15, -0.1) is 0 Å². The van der Waals surface area contributed by atoms with Crippen molar-refractivity contribution in [1.82, 2.24) is 19.8 Å². The third kappa shape index (κ3) is 3.98. The number of likely N-dealkylation sites (tertiary alicyclic amines) is 1. The lowest BCUT2D eigenvalue weighted by atomic mass is 9.97. The average Bonchev–Trinajstić information content (AvgIpc) is 2.97. The Morgan fingerprint density at radius 3 is 2.96 bits per heavy atom. The summed E-state index contributed by atoms with van der Waals surface area (Å²) < 4.78 is 7.15. The lowest BCUT2D eigenvalue weighted by molar-refractivity contribution is -0.126. The lowest BCUT2D eigenvalue weighted by Gasteiger charge is -2.31. The van der Waals surface area contributed by atoms with Crippen molar-refractivity contribution in [2.45, 2.75) is 33.2 Å². The first-order valence-electron chi connectivity index (χ1n) is 9.21. The van der Waals surface area contributed by atoms with E-state index >= 15 is 0 Å². The van der Waals surface area contributed by atoms with Crippen LogP contribution in [0.5, 0.6) is 0 Å². The second-order valence-electron chi connectivity index (χ2n) is 6.57. The van der Waals surface area contributed by atoms with Gasteiger partial charge in [0.15, 0.2) is 0 Å². The Morgan fingerprint density at radius 1 is 1.35 bits per heavy atom. The maximum absolute atomic E-state index is 12.5. The number of rotatable bonds is 5. The molecule has 1 aromatic heterocycles. The van der Waals surface area contributed by atoms with Crippen LogP contribution in [0.4, 0.5) is 4.79 Å². The van der Waals surface area contributed by atoms with Crippen LogP contribution in [0.15, 0.2) is 24.3 Å². The van der Waals surface area contributed by atoms with Gasteiger partial charge in [-0.25, -0.2) is 9.78 Å². The summed E-state index contributed by atoms with van der Waals surface area (Å²) in [6.45, 7) is 6.40. The van der Waals surface area contributed by atoms with Gasteiger partial charge in [0.2, 0.25) is 5.91 Å². The molecule has 0 bridgehead atoms. The Balaban J connectivity index is 1.53. The Labute approximate surface area is 153 Å². The van der Waals surface area contributed by atoms with Crippen LogP contribution in [0.2, 0.25) is 0 Å². The lowest BCUT2D eigenvalue weighted by Crippen LogP contribution is -2.46. The van der Waals surface area contributed by atoms with Gasteiger partial charge in [-0.3, -0.25) is 4.79 Å². The number of ether oxygens (including phenoxy) is 1. The van der Waals surface area contributed by atoms with Crippen molar-refractivity contribution in [2.24, 2.45) is 5.92 Å². The molecule has 1 N–H and O–H groups in total. The number of amides is 2. The van der Waals surface area contributed by atoms with Crippen LogP contribution in [0.3, 0.4) is 0 Å². The number of para-hydroxylation sites is 2. The van der Waals surface area contributed by atoms with Gasteiger partial charge in [0.25, 0.3) is 0 Å². The van der Waals surface area contributed by atoms with Gasteiger partial charge >= 0.3 is 6.09 Å². The number of imidazole rings is 1. The van der Waals surface area contributed by atoms with Crippen LogP contribution < -0.4 is 5.32 Å². The molecule has 0 aliphatic carbocycles. The molecule has 1 saturated heterocycles. The molecule has 7 heteroatoms. The minimum Gasteiger partial charge on any atom is -0.450 e. The average molecular weight is 358 g/mol. The van der Waals surface area contributed by atoms with Crippen molar-refractivity contribution in [2.75, 3.05) is 26.2 Å². The number of nitrogens with zero attached hydrogens (tertiary/aromatic N) is 3. The molecule has 140 valence electrons. The molecule has 7 nitrogen and oxygen atoms in total. The van der Waals surface area contributed by atoms with Crippen LogP contribution in [0, 0.1) is 12.8 Å². The van der Waals surface area contributed by atoms with Crippen molar-refractivity contribution in [3.63, 3.8) is 0 Å². The smallest absolute Gasteiger partial charge is 0.409 e. The molecule has 0 radical (unpaired) electrons. The third-order valence-corrected chi connectivity index (χ3v) is 4.80. The summed E-state index contributed by atoms with van der Waals surface area (Å²) in [6.07, 6.45) is 1.29. The number of carbonyl (C=O) groups excluding carboxylic acids is 2. The SMILES string of the molecule is CCOC(=O)N1CCC[C@H](C(=O)NCCn2c(C)nc3ccccc32)C1. The number of nitrogens with one attached hydrogen (secondary N) is 1. The maximum atomic E-state index is 12.5. The number of aromatic nitrogens is 2. The molecule has 1 fully saturated rings. The first-order valence-corrected chi connectivity index (χ1v) is 9.21. The van der Waals surface area contributed by atoms with Gasteiger partial charge in [0, 0.05) is 26.2 Å². The van der Waals surface area contributed by atoms with Crippen molar-refractivity contribution < 1.29 is 14.3 Å². The zero-order valence-electron chi connectivity index (χ0n) is 15.4. The zero-order valence-corrected chi connectivity index (χ0v) is 15.4. The first kappa shape index (κ1) is 18.2. The topological polar surface area (TPSA) is 76.5 Å². The number of hydrogen-bond acceptors (Lipinski definition) is 4. The maximum Gasteiger partial charge on any atom is 0.409 e. The summed E-state index contributed by atoms with van der Waals surface area (Å²) in [5.74, 6) is 0.765. The minimum absolute atomic E-state index is 0.000993. The minimum atomic E-state index is -0.328. The van der Waals surface area contributed by atoms with Gasteiger partial charge in [0.1, 0.15) is 5.82 Å². The number of hydrogen-bond donors (Lipinski definition) is 1. The standard InChI is InChI=1S/C19H26N4O3/c1-3-26-19(25)22-11-6-7-15(13-22)18(24)20-10-12-23-14(2)21-16-8-4-5-9-17(16)23/h4-5,8-9,15H,3,6-7,10-13H2,1-2H3,(H,20,24)/t15-/m0/s1. The van der Waals surface area contributed by atoms with E-state index < -0.39 is 0 Å². The van der Waals surface area contributed by atoms with Gasteiger partial charge in [0.05, 0.1) is 23.6 Å². The molecule has 26 heavy (non-hydrogen) atoms. The van der Waals surface area contributed by atoms with E-state index in [9.17, 15) is 9.59 Å². The summed E-state index contributed by atoms with van der Waals surface area (Å²) in [6, 6.07) is 7.99. The number of carbonyl (C=O) groups is 2. The summed E-state index contributed by atoms with van der Waals surface area (Å²) in [5.41, 5.74) is 2.04. The normalized spacial score (nSPS) is 17.3. The van der Waals surface area contributed by atoms with E-state index in [0.717, 1.165) is 29.7 Å². The van der Waals surface area contributed by atoms with E-state index in [2.05, 4.69) is 14.9 Å². The number of fused-ring (bicyclic) bond motifs is 1. The Kier molecular flexibility index (Phi) is 5.75. The van der Waals surface area contributed by atoms with Crippen LogP contribution in [-0.2, 0) is 16.1 Å². The predicted octanol–water partition coefficient (Wildman–Crippen LogP) is 2.33. The molecule has 2 amide bonds. The van der Waals surface area contributed by atoms with Crippen LogP contribution in [-0.4, -0.2) is 52.7 Å². The Bertz CT molecular complexity index is 786. The van der Waals surface area contributed by atoms with Crippen molar-refractivity contribution in [3.8, 4) is 0 Å². The van der Waals surface area contributed by atoms with Gasteiger partial charge in [-0.1, -0.05) is 12.1 Å². The molecule has 1 atom stereocenters. The highest BCUT2D eigenvalue weighted by molar-refractivity contribution is 5.80. The second kappa shape index (κ2) is 8.21. The number of piperidine rings is 1. The summed E-state index contributed by atoms with van der Waals surface area (Å²) >= 11 is 0. The monoisotopic (exact) mass is 358 g/mol.